The Kier molecular flexibility index (Phi) is 9.14. The predicted molar refractivity (Wildman–Crippen MR) is 133 cm³/mol. The maximum absolute atomic E-state index is 6.21. The van der Waals surface area contributed by atoms with Crippen LogP contribution in [0, 0.1) is 0 Å². The average Bonchev–Trinajstić information content (AvgIpc) is 2.68. The van der Waals surface area contributed by atoms with Gasteiger partial charge in [-0.2, -0.15) is 0 Å². The van der Waals surface area contributed by atoms with E-state index < -0.39 is 8.60 Å². The van der Waals surface area contributed by atoms with Gasteiger partial charge in [0.1, 0.15) is 0 Å². The summed E-state index contributed by atoms with van der Waals surface area (Å²) in [7, 11) is -2.26. The molecule has 0 saturated heterocycles. The highest BCUT2D eigenvalue weighted by Crippen LogP contribution is 2.50. The SMILES string of the molecule is Clc1cc(Cl)c(OP(Oc2cc(Cl)c(Cl)cc2Cl)Oc2cc(Cl)c(Cl)cc2Cl)cc1Cl. The molecule has 3 aromatic rings. The van der Waals surface area contributed by atoms with Crippen LogP contribution in [0.3, 0.4) is 0 Å². The Labute approximate surface area is 223 Å². The molecule has 0 N–H and O–H groups in total. The average molecular weight is 620 g/mol. The molecule has 3 rings (SSSR count). The molecule has 0 aliphatic carbocycles. The largest absolute Gasteiger partial charge is 0.530 e. The third-order valence-corrected chi connectivity index (χ3v) is 7.53. The van der Waals surface area contributed by atoms with Gasteiger partial charge in [0.25, 0.3) is 0 Å². The third kappa shape index (κ3) is 6.58. The minimum atomic E-state index is -2.26. The third-order valence-electron chi connectivity index (χ3n) is 3.44. The number of halogens is 9. The molecule has 164 valence electrons. The molecule has 31 heavy (non-hydrogen) atoms. The van der Waals surface area contributed by atoms with Crippen LogP contribution in [0.15, 0.2) is 36.4 Å². The van der Waals surface area contributed by atoms with E-state index in [4.69, 9.17) is 118 Å². The molecule has 0 bridgehead atoms. The van der Waals surface area contributed by atoms with Crippen molar-refractivity contribution in [2.45, 2.75) is 0 Å². The lowest BCUT2D eigenvalue weighted by Gasteiger charge is -2.20. The minimum absolute atomic E-state index is 0.134. The van der Waals surface area contributed by atoms with Crippen molar-refractivity contribution in [3.63, 3.8) is 0 Å². The second-order valence-corrected chi connectivity index (χ2v) is 10.2. The van der Waals surface area contributed by atoms with Crippen LogP contribution in [-0.4, -0.2) is 0 Å². The highest BCUT2D eigenvalue weighted by atomic mass is 35.5. The van der Waals surface area contributed by atoms with E-state index in [9.17, 15) is 0 Å². The lowest BCUT2D eigenvalue weighted by atomic mass is 10.3. The first-order valence-corrected chi connectivity index (χ1v) is 12.3. The first kappa shape index (κ1) is 25.7. The van der Waals surface area contributed by atoms with E-state index in [1.165, 1.54) is 36.4 Å². The molecule has 13 heteroatoms. The Hall–Kier alpha value is 0.1000. The van der Waals surface area contributed by atoms with E-state index in [0.717, 1.165) is 0 Å². The summed E-state index contributed by atoms with van der Waals surface area (Å²) in [4.78, 5) is 0. The van der Waals surface area contributed by atoms with Crippen molar-refractivity contribution in [3.05, 3.63) is 81.6 Å². The molecule has 0 fully saturated rings. The van der Waals surface area contributed by atoms with Crippen molar-refractivity contribution in [1.29, 1.82) is 0 Å². The fraction of sp³-hybridized carbons (Fsp3) is 0. The van der Waals surface area contributed by atoms with Crippen molar-refractivity contribution in [3.8, 4) is 17.2 Å². The van der Waals surface area contributed by atoms with Crippen molar-refractivity contribution < 1.29 is 13.6 Å². The number of rotatable bonds is 6. The summed E-state index contributed by atoms with van der Waals surface area (Å²) in [5.41, 5.74) is 0. The lowest BCUT2D eigenvalue weighted by Crippen LogP contribution is -2.03. The summed E-state index contributed by atoms with van der Waals surface area (Å²) < 4.78 is 17.4. The van der Waals surface area contributed by atoms with Crippen molar-refractivity contribution in [1.82, 2.24) is 0 Å². The molecule has 0 heterocycles. The number of hydrogen-bond acceptors (Lipinski definition) is 3. The van der Waals surface area contributed by atoms with Crippen molar-refractivity contribution in [2.75, 3.05) is 0 Å². The van der Waals surface area contributed by atoms with Gasteiger partial charge < -0.3 is 13.6 Å². The van der Waals surface area contributed by atoms with Crippen LogP contribution < -0.4 is 13.6 Å². The fourth-order valence-electron chi connectivity index (χ4n) is 2.02. The normalized spacial score (nSPS) is 11.0. The summed E-state index contributed by atoms with van der Waals surface area (Å²) in [5.74, 6) is 0.402. The van der Waals surface area contributed by atoms with E-state index in [1.54, 1.807) is 0 Å². The zero-order valence-corrected chi connectivity index (χ0v) is 22.2. The topological polar surface area (TPSA) is 27.7 Å². The first-order valence-electron chi connectivity index (χ1n) is 7.83. The zero-order valence-electron chi connectivity index (χ0n) is 14.5. The Morgan fingerprint density at radius 1 is 0.355 bits per heavy atom. The molecule has 0 spiro atoms. The standard InChI is InChI=1S/C18H6Cl9O3P/c19-7-1-13(25)16(4-10(7)22)28-31(29-17-5-11(23)8(20)2-14(17)26)30-18-6-12(24)9(21)3-15(18)27/h1-6H. The second kappa shape index (κ2) is 11.0. The van der Waals surface area contributed by atoms with Gasteiger partial charge in [0, 0.05) is 18.2 Å². The molecule has 0 radical (unpaired) electrons. The van der Waals surface area contributed by atoms with Gasteiger partial charge in [-0.25, -0.2) is 0 Å². The van der Waals surface area contributed by atoms with Crippen LogP contribution in [0.1, 0.15) is 0 Å². The van der Waals surface area contributed by atoms with E-state index >= 15 is 0 Å². The maximum atomic E-state index is 6.21. The summed E-state index contributed by atoms with van der Waals surface area (Å²) in [6.07, 6.45) is 0. The maximum Gasteiger partial charge on any atom is 0.530 e. The number of hydrogen-bond donors (Lipinski definition) is 0. The molecular formula is C18H6Cl9O3P. The van der Waals surface area contributed by atoms with Gasteiger partial charge in [0.05, 0.1) is 45.2 Å². The molecule has 3 aromatic carbocycles. The van der Waals surface area contributed by atoms with Crippen LogP contribution in [0.4, 0.5) is 0 Å². The Bertz CT molecular complexity index is 1000. The Balaban J connectivity index is 1.99. The molecule has 0 aliphatic rings. The highest BCUT2D eigenvalue weighted by molar-refractivity contribution is 7.43. The second-order valence-electron chi connectivity index (χ2n) is 5.59. The molecule has 0 aromatic heterocycles. The van der Waals surface area contributed by atoms with E-state index in [0.29, 0.717) is 0 Å². The summed E-state index contributed by atoms with van der Waals surface area (Å²) in [6.45, 7) is 0. The molecule has 3 nitrogen and oxygen atoms in total. The smallest absolute Gasteiger partial charge is 0.407 e. The quantitative estimate of drug-likeness (QED) is 0.203. The van der Waals surface area contributed by atoms with Crippen LogP contribution in [0.5, 0.6) is 17.2 Å². The lowest BCUT2D eigenvalue weighted by molar-refractivity contribution is 0.388. The summed E-state index contributed by atoms with van der Waals surface area (Å²) in [5, 5.41) is 1.82. The minimum Gasteiger partial charge on any atom is -0.407 e. The summed E-state index contributed by atoms with van der Waals surface area (Å²) >= 11 is 54.7. The Morgan fingerprint density at radius 2 is 0.581 bits per heavy atom. The Morgan fingerprint density at radius 3 is 0.839 bits per heavy atom. The highest BCUT2D eigenvalue weighted by Gasteiger charge is 2.25. The fourth-order valence-corrected chi connectivity index (χ4v) is 4.95. The molecule has 0 saturated carbocycles. The van der Waals surface area contributed by atoms with Crippen LogP contribution >= 0.6 is 113 Å². The van der Waals surface area contributed by atoms with Gasteiger partial charge in [-0.15, -0.1) is 0 Å². The molecule has 0 atom stereocenters. The number of benzene rings is 3. The van der Waals surface area contributed by atoms with Gasteiger partial charge in [-0.05, 0) is 18.2 Å². The first-order chi connectivity index (χ1) is 14.5. The van der Waals surface area contributed by atoms with Gasteiger partial charge in [-0.1, -0.05) is 104 Å². The van der Waals surface area contributed by atoms with Gasteiger partial charge in [0.2, 0.25) is 0 Å². The van der Waals surface area contributed by atoms with Crippen molar-refractivity contribution in [2.24, 2.45) is 0 Å². The van der Waals surface area contributed by atoms with E-state index in [-0.39, 0.29) is 62.5 Å². The van der Waals surface area contributed by atoms with Gasteiger partial charge in [-0.3, -0.25) is 0 Å². The molecule has 0 aliphatic heterocycles. The van der Waals surface area contributed by atoms with E-state index in [1.807, 2.05) is 0 Å². The molecule has 0 amide bonds. The molecular weight excluding hydrogens is 614 g/mol. The van der Waals surface area contributed by atoms with E-state index in [2.05, 4.69) is 0 Å². The monoisotopic (exact) mass is 616 g/mol. The zero-order chi connectivity index (χ0) is 22.9. The van der Waals surface area contributed by atoms with Gasteiger partial charge >= 0.3 is 8.60 Å². The predicted octanol–water partition coefficient (Wildman–Crippen LogP) is 11.3. The van der Waals surface area contributed by atoms with Crippen LogP contribution in [-0.2, 0) is 0 Å². The van der Waals surface area contributed by atoms with Crippen LogP contribution in [0.2, 0.25) is 45.2 Å². The summed E-state index contributed by atoms with van der Waals surface area (Å²) in [6, 6.07) is 8.44. The molecule has 0 unspecified atom stereocenters. The van der Waals surface area contributed by atoms with Crippen molar-refractivity contribution >= 4 is 113 Å². The van der Waals surface area contributed by atoms with Gasteiger partial charge in [0.15, 0.2) is 17.2 Å². The van der Waals surface area contributed by atoms with Crippen LogP contribution in [0.25, 0.3) is 0 Å².